The van der Waals surface area contributed by atoms with Gasteiger partial charge in [0.1, 0.15) is 0 Å². The third-order valence-electron chi connectivity index (χ3n) is 3.44. The van der Waals surface area contributed by atoms with Crippen LogP contribution in [0.5, 0.6) is 0 Å². The Hall–Kier alpha value is -1.70. The summed E-state index contributed by atoms with van der Waals surface area (Å²) in [5.74, 6) is -0.645. The van der Waals surface area contributed by atoms with Crippen molar-refractivity contribution in [3.05, 3.63) is 23.8 Å². The van der Waals surface area contributed by atoms with Gasteiger partial charge in [-0.1, -0.05) is 0 Å². The highest BCUT2D eigenvalue weighted by atomic mass is 32.2. The third kappa shape index (κ3) is 3.37. The summed E-state index contributed by atoms with van der Waals surface area (Å²) in [5, 5.41) is 4.63. The van der Waals surface area contributed by atoms with Crippen LogP contribution in [0.4, 0.5) is 18.9 Å². The smallest absolute Gasteiger partial charge is 0.353 e. The van der Waals surface area contributed by atoms with Crippen molar-refractivity contribution in [3.8, 4) is 0 Å². The molecule has 4 nitrogen and oxygen atoms in total. The van der Waals surface area contributed by atoms with Crippen LogP contribution in [0.25, 0.3) is 0 Å². The van der Waals surface area contributed by atoms with E-state index in [4.69, 9.17) is 0 Å². The molecule has 8 heteroatoms. The molecule has 0 saturated heterocycles. The lowest BCUT2D eigenvalue weighted by atomic mass is 10.1. The van der Waals surface area contributed by atoms with Gasteiger partial charge >= 0.3 is 6.18 Å². The molecule has 2 N–H and O–H groups in total. The summed E-state index contributed by atoms with van der Waals surface area (Å²) < 4.78 is 38.0. The lowest BCUT2D eigenvalue weighted by molar-refractivity contribution is -0.137. The van der Waals surface area contributed by atoms with E-state index in [1.165, 1.54) is 6.07 Å². The molecule has 2 amide bonds. The lowest BCUT2D eigenvalue weighted by Gasteiger charge is -2.24. The number of fused-ring (bicyclic) bond motifs is 1. The molecule has 1 heterocycles. The molecule has 0 spiro atoms. The van der Waals surface area contributed by atoms with Crippen LogP contribution in [-0.4, -0.2) is 23.1 Å². The molecular weight excluding hydrogens is 317 g/mol. The highest BCUT2D eigenvalue weighted by Gasteiger charge is 2.34. The number of carbonyl (C=O) groups is 2. The highest BCUT2D eigenvalue weighted by Crippen LogP contribution is 2.40. The maximum atomic E-state index is 12.7. The molecule has 0 aromatic heterocycles. The first kappa shape index (κ1) is 15.2. The zero-order valence-corrected chi connectivity index (χ0v) is 12.2. The topological polar surface area (TPSA) is 58.2 Å². The zero-order valence-electron chi connectivity index (χ0n) is 11.4. The van der Waals surface area contributed by atoms with Crippen LogP contribution in [0.2, 0.25) is 0 Å². The second-order valence-electron chi connectivity index (χ2n) is 5.35. The Kier molecular flexibility index (Phi) is 3.80. The van der Waals surface area contributed by atoms with E-state index in [1.807, 2.05) is 0 Å². The van der Waals surface area contributed by atoms with Gasteiger partial charge in [-0.2, -0.15) is 13.2 Å². The van der Waals surface area contributed by atoms with Crippen molar-refractivity contribution >= 4 is 29.3 Å². The van der Waals surface area contributed by atoms with Crippen LogP contribution in [0.1, 0.15) is 24.8 Å². The average Bonchev–Trinajstić information content (AvgIpc) is 3.21. The van der Waals surface area contributed by atoms with E-state index in [2.05, 4.69) is 10.6 Å². The number of hydrogen-bond acceptors (Lipinski definition) is 3. The van der Waals surface area contributed by atoms with Crippen LogP contribution in [0, 0.1) is 0 Å². The van der Waals surface area contributed by atoms with E-state index in [0.29, 0.717) is 4.90 Å². The predicted molar refractivity (Wildman–Crippen MR) is 75.5 cm³/mol. The Bertz CT molecular complexity index is 629. The fraction of sp³-hybridized carbons (Fsp3) is 0.429. The first-order chi connectivity index (χ1) is 10.3. The van der Waals surface area contributed by atoms with Gasteiger partial charge in [-0.3, -0.25) is 9.59 Å². The van der Waals surface area contributed by atoms with E-state index in [9.17, 15) is 22.8 Å². The standard InChI is InChI=1S/C14H13F3N2O2S/c15-14(16,17)7-1-4-10-9(5-7)19-13(21)11(22-10)6-12(20)18-8-2-3-8/h1,4-5,8,11H,2-3,6H2,(H,18,20)(H,19,21)/t11-/m0/s1. The fourth-order valence-electron chi connectivity index (χ4n) is 2.14. The molecule has 1 aliphatic heterocycles. The second-order valence-corrected chi connectivity index (χ2v) is 6.59. The van der Waals surface area contributed by atoms with Gasteiger partial charge in [-0.05, 0) is 31.0 Å². The minimum absolute atomic E-state index is 0.0213. The summed E-state index contributed by atoms with van der Waals surface area (Å²) in [6, 6.07) is 3.44. The van der Waals surface area contributed by atoms with Gasteiger partial charge in [0.05, 0.1) is 16.5 Å². The van der Waals surface area contributed by atoms with Gasteiger partial charge in [0, 0.05) is 17.4 Å². The minimum atomic E-state index is -4.45. The number of nitrogens with one attached hydrogen (secondary N) is 2. The van der Waals surface area contributed by atoms with Gasteiger partial charge < -0.3 is 10.6 Å². The van der Waals surface area contributed by atoms with Crippen LogP contribution in [0.15, 0.2) is 23.1 Å². The van der Waals surface area contributed by atoms with Crippen LogP contribution in [-0.2, 0) is 15.8 Å². The molecule has 22 heavy (non-hydrogen) atoms. The second kappa shape index (κ2) is 5.49. The average molecular weight is 330 g/mol. The molecular formula is C14H13F3N2O2S. The van der Waals surface area contributed by atoms with Gasteiger partial charge in [0.25, 0.3) is 0 Å². The first-order valence-corrected chi connectivity index (χ1v) is 7.69. The quantitative estimate of drug-likeness (QED) is 0.896. The molecule has 2 aliphatic rings. The van der Waals surface area contributed by atoms with Gasteiger partial charge in [0.2, 0.25) is 11.8 Å². The van der Waals surface area contributed by atoms with Crippen LogP contribution >= 0.6 is 11.8 Å². The van der Waals surface area contributed by atoms with E-state index in [-0.39, 0.29) is 24.1 Å². The van der Waals surface area contributed by atoms with Crippen molar-refractivity contribution in [2.75, 3.05) is 5.32 Å². The number of hydrogen-bond donors (Lipinski definition) is 2. The normalized spacial score (nSPS) is 21.0. The summed E-state index contributed by atoms with van der Waals surface area (Å²) in [7, 11) is 0. The Morgan fingerprint density at radius 3 is 2.73 bits per heavy atom. The Morgan fingerprint density at radius 2 is 2.09 bits per heavy atom. The van der Waals surface area contributed by atoms with Crippen molar-refractivity contribution in [2.45, 2.75) is 41.6 Å². The molecule has 118 valence electrons. The summed E-state index contributed by atoms with van der Waals surface area (Å²) in [4.78, 5) is 24.3. The summed E-state index contributed by atoms with van der Waals surface area (Å²) in [5.41, 5.74) is -0.666. The number of carbonyl (C=O) groups excluding carboxylic acids is 2. The fourth-order valence-corrected chi connectivity index (χ4v) is 3.23. The molecule has 1 aliphatic carbocycles. The number of anilines is 1. The molecule has 3 rings (SSSR count). The van der Waals surface area contributed by atoms with Crippen LogP contribution in [0.3, 0.4) is 0 Å². The van der Waals surface area contributed by atoms with Gasteiger partial charge in [-0.15, -0.1) is 11.8 Å². The maximum absolute atomic E-state index is 12.7. The van der Waals surface area contributed by atoms with Gasteiger partial charge in [-0.25, -0.2) is 0 Å². The largest absolute Gasteiger partial charge is 0.416 e. The predicted octanol–water partition coefficient (Wildman–Crippen LogP) is 2.79. The van der Waals surface area contributed by atoms with Gasteiger partial charge in [0.15, 0.2) is 0 Å². The van der Waals surface area contributed by atoms with E-state index in [1.54, 1.807) is 0 Å². The molecule has 1 aromatic rings. The lowest BCUT2D eigenvalue weighted by Crippen LogP contribution is -2.35. The molecule has 0 unspecified atom stereocenters. The van der Waals surface area contributed by atoms with E-state index >= 15 is 0 Å². The van der Waals surface area contributed by atoms with Crippen molar-refractivity contribution in [1.29, 1.82) is 0 Å². The number of benzene rings is 1. The minimum Gasteiger partial charge on any atom is -0.353 e. The zero-order chi connectivity index (χ0) is 15.9. The molecule has 1 saturated carbocycles. The number of amides is 2. The molecule has 0 radical (unpaired) electrons. The Balaban J connectivity index is 1.72. The number of halogens is 3. The third-order valence-corrected chi connectivity index (χ3v) is 4.71. The monoisotopic (exact) mass is 330 g/mol. The first-order valence-electron chi connectivity index (χ1n) is 6.81. The van der Waals surface area contributed by atoms with E-state index < -0.39 is 22.9 Å². The number of thioether (sulfide) groups is 1. The Labute approximate surface area is 128 Å². The van der Waals surface area contributed by atoms with Crippen LogP contribution < -0.4 is 10.6 Å². The SMILES string of the molecule is O=C(C[C@@H]1Sc2ccc(C(F)(F)F)cc2NC1=O)NC1CC1. The number of rotatable bonds is 3. The van der Waals surface area contributed by atoms with Crippen molar-refractivity contribution in [3.63, 3.8) is 0 Å². The molecule has 1 atom stereocenters. The highest BCUT2D eigenvalue weighted by molar-refractivity contribution is 8.01. The summed E-state index contributed by atoms with van der Waals surface area (Å²) >= 11 is 1.12. The molecule has 1 fully saturated rings. The van der Waals surface area contributed by atoms with Crippen molar-refractivity contribution < 1.29 is 22.8 Å². The van der Waals surface area contributed by atoms with Crippen molar-refractivity contribution in [2.24, 2.45) is 0 Å². The summed E-state index contributed by atoms with van der Waals surface area (Å²) in [6.07, 6.45) is -2.52. The molecule has 1 aromatic carbocycles. The number of alkyl halides is 3. The van der Waals surface area contributed by atoms with Crippen molar-refractivity contribution in [1.82, 2.24) is 5.32 Å². The van der Waals surface area contributed by atoms with E-state index in [0.717, 1.165) is 36.7 Å². The summed E-state index contributed by atoms with van der Waals surface area (Å²) in [6.45, 7) is 0. The maximum Gasteiger partial charge on any atom is 0.416 e. The Morgan fingerprint density at radius 1 is 1.36 bits per heavy atom. The molecule has 0 bridgehead atoms.